The number of carbonyl (C=O) groups is 1. The number of nitrogens with zero attached hydrogens (tertiary/aromatic N) is 1. The summed E-state index contributed by atoms with van der Waals surface area (Å²) >= 11 is 11.4. The van der Waals surface area contributed by atoms with E-state index in [1.54, 1.807) is 0 Å². The van der Waals surface area contributed by atoms with Crippen molar-refractivity contribution in [3.63, 3.8) is 0 Å². The van der Waals surface area contributed by atoms with Crippen molar-refractivity contribution >= 4 is 29.1 Å². The van der Waals surface area contributed by atoms with Gasteiger partial charge in [0.1, 0.15) is 5.88 Å². The van der Waals surface area contributed by atoms with Crippen LogP contribution in [0.3, 0.4) is 0 Å². The number of amides is 1. The number of rotatable bonds is 4. The lowest BCUT2D eigenvalue weighted by molar-refractivity contribution is -0.129. The van der Waals surface area contributed by atoms with Crippen molar-refractivity contribution in [2.24, 2.45) is 0 Å². The van der Waals surface area contributed by atoms with Crippen molar-refractivity contribution in [2.75, 3.05) is 5.88 Å². The minimum atomic E-state index is 0.0131. The standard InChI is InChI=1S/C12H13Cl2NO/c13-7-12(16)15(11-5-6-11)8-9-1-3-10(14)4-2-9/h1-4,11H,5-8H2. The van der Waals surface area contributed by atoms with Crippen molar-refractivity contribution in [3.05, 3.63) is 34.9 Å². The molecule has 0 bridgehead atoms. The normalized spacial score (nSPS) is 14.9. The van der Waals surface area contributed by atoms with Crippen molar-refractivity contribution in [1.82, 2.24) is 4.90 Å². The molecule has 0 aromatic heterocycles. The summed E-state index contributed by atoms with van der Waals surface area (Å²) in [5.74, 6) is 0.0727. The van der Waals surface area contributed by atoms with Gasteiger partial charge in [-0.1, -0.05) is 23.7 Å². The summed E-state index contributed by atoms with van der Waals surface area (Å²) in [5, 5.41) is 0.713. The van der Waals surface area contributed by atoms with E-state index in [1.165, 1.54) is 0 Å². The van der Waals surface area contributed by atoms with E-state index in [9.17, 15) is 4.79 Å². The van der Waals surface area contributed by atoms with E-state index in [2.05, 4.69) is 0 Å². The van der Waals surface area contributed by atoms with Crippen LogP contribution < -0.4 is 0 Å². The van der Waals surface area contributed by atoms with Crippen molar-refractivity contribution in [3.8, 4) is 0 Å². The van der Waals surface area contributed by atoms with E-state index in [-0.39, 0.29) is 11.8 Å². The second-order valence-corrected chi connectivity index (χ2v) is 4.72. The molecule has 1 aliphatic rings. The first-order valence-electron chi connectivity index (χ1n) is 5.30. The molecule has 0 N–H and O–H groups in total. The lowest BCUT2D eigenvalue weighted by Crippen LogP contribution is -2.33. The monoisotopic (exact) mass is 257 g/mol. The zero-order chi connectivity index (χ0) is 11.5. The van der Waals surface area contributed by atoms with E-state index in [0.29, 0.717) is 17.6 Å². The van der Waals surface area contributed by atoms with Gasteiger partial charge in [0.15, 0.2) is 0 Å². The van der Waals surface area contributed by atoms with Crippen LogP contribution in [0.5, 0.6) is 0 Å². The van der Waals surface area contributed by atoms with Gasteiger partial charge in [0.2, 0.25) is 5.91 Å². The molecule has 1 fully saturated rings. The Labute approximate surface area is 105 Å². The second-order valence-electron chi connectivity index (χ2n) is 4.01. The SMILES string of the molecule is O=C(CCl)N(Cc1ccc(Cl)cc1)C1CC1. The number of hydrogen-bond donors (Lipinski definition) is 0. The predicted molar refractivity (Wildman–Crippen MR) is 65.7 cm³/mol. The van der Waals surface area contributed by atoms with Gasteiger partial charge in [0.05, 0.1) is 0 Å². The van der Waals surface area contributed by atoms with Crippen molar-refractivity contribution in [2.45, 2.75) is 25.4 Å². The summed E-state index contributed by atoms with van der Waals surface area (Å²) in [6, 6.07) is 7.96. The summed E-state index contributed by atoms with van der Waals surface area (Å²) in [7, 11) is 0. The highest BCUT2D eigenvalue weighted by atomic mass is 35.5. The third kappa shape index (κ3) is 2.89. The molecule has 4 heteroatoms. The molecule has 0 unspecified atom stereocenters. The van der Waals surface area contributed by atoms with E-state index >= 15 is 0 Å². The van der Waals surface area contributed by atoms with Gasteiger partial charge in [-0.15, -0.1) is 11.6 Å². The van der Waals surface area contributed by atoms with Crippen LogP contribution in [0, 0.1) is 0 Å². The third-order valence-corrected chi connectivity index (χ3v) is 3.17. The number of hydrogen-bond acceptors (Lipinski definition) is 1. The molecule has 1 aromatic rings. The first kappa shape index (κ1) is 11.7. The molecular weight excluding hydrogens is 245 g/mol. The molecule has 0 saturated heterocycles. The van der Waals surface area contributed by atoms with Crippen LogP contribution in [0.2, 0.25) is 5.02 Å². The van der Waals surface area contributed by atoms with Gasteiger partial charge < -0.3 is 4.90 Å². The fourth-order valence-corrected chi connectivity index (χ4v) is 1.95. The molecule has 0 aliphatic heterocycles. The second kappa shape index (κ2) is 5.07. The first-order valence-corrected chi connectivity index (χ1v) is 6.22. The minimum Gasteiger partial charge on any atom is -0.334 e. The predicted octanol–water partition coefficient (Wildman–Crippen LogP) is 3.07. The molecule has 86 valence electrons. The van der Waals surface area contributed by atoms with E-state index in [0.717, 1.165) is 18.4 Å². The average molecular weight is 258 g/mol. The Kier molecular flexibility index (Phi) is 3.72. The number of alkyl halides is 1. The Morgan fingerprint density at radius 2 is 1.94 bits per heavy atom. The molecule has 0 atom stereocenters. The van der Waals surface area contributed by atoms with Crippen LogP contribution in [-0.4, -0.2) is 22.7 Å². The maximum atomic E-state index is 11.6. The average Bonchev–Trinajstić information content (AvgIpc) is 3.11. The van der Waals surface area contributed by atoms with Crippen molar-refractivity contribution in [1.29, 1.82) is 0 Å². The van der Waals surface area contributed by atoms with Gasteiger partial charge in [0, 0.05) is 17.6 Å². The van der Waals surface area contributed by atoms with Crippen LogP contribution in [-0.2, 0) is 11.3 Å². The van der Waals surface area contributed by atoms with E-state index < -0.39 is 0 Å². The highest BCUT2D eigenvalue weighted by molar-refractivity contribution is 6.30. The number of halogens is 2. The molecule has 16 heavy (non-hydrogen) atoms. The molecule has 1 aliphatic carbocycles. The molecule has 1 aromatic carbocycles. The van der Waals surface area contributed by atoms with Crippen molar-refractivity contribution < 1.29 is 4.79 Å². The Balaban J connectivity index is 2.05. The first-order chi connectivity index (χ1) is 7.70. The fraction of sp³-hybridized carbons (Fsp3) is 0.417. The highest BCUT2D eigenvalue weighted by Gasteiger charge is 2.31. The molecule has 0 spiro atoms. The van der Waals surface area contributed by atoms with Gasteiger partial charge in [-0.2, -0.15) is 0 Å². The Hall–Kier alpha value is -0.730. The maximum absolute atomic E-state index is 11.6. The maximum Gasteiger partial charge on any atom is 0.238 e. The summed E-state index contributed by atoms with van der Waals surface area (Å²) in [5.41, 5.74) is 1.09. The Morgan fingerprint density at radius 1 is 1.31 bits per heavy atom. The quantitative estimate of drug-likeness (QED) is 0.760. The summed E-state index contributed by atoms with van der Waals surface area (Å²) in [6.45, 7) is 0.632. The van der Waals surface area contributed by atoms with Crippen LogP contribution in [0.4, 0.5) is 0 Å². The largest absolute Gasteiger partial charge is 0.334 e. The molecule has 1 amide bonds. The smallest absolute Gasteiger partial charge is 0.238 e. The van der Waals surface area contributed by atoms with Crippen LogP contribution in [0.1, 0.15) is 18.4 Å². The molecular formula is C12H13Cl2NO. The zero-order valence-corrected chi connectivity index (χ0v) is 10.3. The van der Waals surface area contributed by atoms with E-state index in [4.69, 9.17) is 23.2 Å². The van der Waals surface area contributed by atoms with Gasteiger partial charge in [-0.3, -0.25) is 4.79 Å². The Morgan fingerprint density at radius 3 is 2.44 bits per heavy atom. The fourth-order valence-electron chi connectivity index (χ4n) is 1.67. The summed E-state index contributed by atoms with van der Waals surface area (Å²) in [6.07, 6.45) is 2.19. The van der Waals surface area contributed by atoms with Gasteiger partial charge in [-0.05, 0) is 30.5 Å². The lowest BCUT2D eigenvalue weighted by Gasteiger charge is -2.21. The lowest BCUT2D eigenvalue weighted by atomic mass is 10.2. The number of carbonyl (C=O) groups excluding carboxylic acids is 1. The summed E-state index contributed by atoms with van der Waals surface area (Å²) in [4.78, 5) is 13.5. The molecule has 0 heterocycles. The molecule has 0 radical (unpaired) electrons. The van der Waals surface area contributed by atoms with E-state index in [1.807, 2.05) is 29.2 Å². The molecule has 2 rings (SSSR count). The molecule has 2 nitrogen and oxygen atoms in total. The highest BCUT2D eigenvalue weighted by Crippen LogP contribution is 2.28. The van der Waals surface area contributed by atoms with Crippen LogP contribution >= 0.6 is 23.2 Å². The summed E-state index contributed by atoms with van der Waals surface area (Å²) < 4.78 is 0. The third-order valence-electron chi connectivity index (χ3n) is 2.69. The number of benzene rings is 1. The topological polar surface area (TPSA) is 20.3 Å². The van der Waals surface area contributed by atoms with Crippen LogP contribution in [0.25, 0.3) is 0 Å². The van der Waals surface area contributed by atoms with Gasteiger partial charge >= 0.3 is 0 Å². The van der Waals surface area contributed by atoms with Gasteiger partial charge in [-0.25, -0.2) is 0 Å². The minimum absolute atomic E-state index is 0.0131. The van der Waals surface area contributed by atoms with Crippen LogP contribution in [0.15, 0.2) is 24.3 Å². The zero-order valence-electron chi connectivity index (χ0n) is 8.83. The Bertz CT molecular complexity index is 373. The van der Waals surface area contributed by atoms with Gasteiger partial charge in [0.25, 0.3) is 0 Å². The molecule has 1 saturated carbocycles.